The summed E-state index contributed by atoms with van der Waals surface area (Å²) in [5.41, 5.74) is 7.54. The molecule has 1 aromatic heterocycles. The van der Waals surface area contributed by atoms with Crippen LogP contribution in [0.5, 0.6) is 0 Å². The first-order valence-electron chi connectivity index (χ1n) is 3.49. The van der Waals surface area contributed by atoms with Crippen LogP contribution in [0.4, 0.5) is 5.69 Å². The van der Waals surface area contributed by atoms with E-state index in [9.17, 15) is 4.79 Å². The average molecular weight is 166 g/mol. The predicted octanol–water partition coefficient (Wildman–Crippen LogP) is 0.979. The lowest BCUT2D eigenvalue weighted by atomic mass is 10.1. The number of hydrogen-bond donors (Lipinski definition) is 2. The molecule has 1 rings (SSSR count). The lowest BCUT2D eigenvalue weighted by Crippen LogP contribution is -2.06. The number of aromatic carboxylic acids is 1. The molecule has 3 N–H and O–H groups in total. The number of aromatic nitrogens is 1. The number of hydrogen-bond acceptors (Lipinski definition) is 3. The standard InChI is InChI=1S/C8H10N2O2/c1-4-5(2)7(8(11)12)10-3-6(4)9/h3H,9H2,1-2H3,(H,11,12). The first-order chi connectivity index (χ1) is 5.54. The van der Waals surface area contributed by atoms with Gasteiger partial charge in [-0.15, -0.1) is 0 Å². The van der Waals surface area contributed by atoms with E-state index in [4.69, 9.17) is 10.8 Å². The Morgan fingerprint density at radius 3 is 2.58 bits per heavy atom. The molecule has 1 aromatic rings. The van der Waals surface area contributed by atoms with Gasteiger partial charge in [-0.1, -0.05) is 0 Å². The van der Waals surface area contributed by atoms with Crippen LogP contribution in [-0.4, -0.2) is 16.1 Å². The van der Waals surface area contributed by atoms with Gasteiger partial charge in [0.25, 0.3) is 0 Å². The van der Waals surface area contributed by atoms with Gasteiger partial charge < -0.3 is 10.8 Å². The molecule has 0 aromatic carbocycles. The van der Waals surface area contributed by atoms with Crippen molar-refractivity contribution in [3.8, 4) is 0 Å². The minimum absolute atomic E-state index is 0.0710. The zero-order chi connectivity index (χ0) is 9.30. The summed E-state index contributed by atoms with van der Waals surface area (Å²) in [4.78, 5) is 14.3. The summed E-state index contributed by atoms with van der Waals surface area (Å²) in [6.07, 6.45) is 1.37. The Balaban J connectivity index is 3.36. The summed E-state index contributed by atoms with van der Waals surface area (Å²) < 4.78 is 0. The third kappa shape index (κ3) is 1.23. The van der Waals surface area contributed by atoms with Crippen molar-refractivity contribution in [2.24, 2.45) is 0 Å². The number of carbonyl (C=O) groups is 1. The van der Waals surface area contributed by atoms with Crippen molar-refractivity contribution in [3.05, 3.63) is 23.0 Å². The van der Waals surface area contributed by atoms with E-state index in [0.29, 0.717) is 11.3 Å². The van der Waals surface area contributed by atoms with E-state index in [0.717, 1.165) is 5.56 Å². The van der Waals surface area contributed by atoms with Crippen molar-refractivity contribution in [1.82, 2.24) is 4.98 Å². The normalized spacial score (nSPS) is 9.83. The molecular weight excluding hydrogens is 156 g/mol. The van der Waals surface area contributed by atoms with Gasteiger partial charge in [-0.25, -0.2) is 9.78 Å². The number of nitrogen functional groups attached to an aromatic ring is 1. The third-order valence-corrected chi connectivity index (χ3v) is 1.89. The minimum Gasteiger partial charge on any atom is -0.477 e. The van der Waals surface area contributed by atoms with Crippen LogP contribution in [-0.2, 0) is 0 Å². The Morgan fingerprint density at radius 2 is 2.08 bits per heavy atom. The van der Waals surface area contributed by atoms with Crippen LogP contribution in [0.1, 0.15) is 21.6 Å². The number of pyridine rings is 1. The largest absolute Gasteiger partial charge is 0.477 e. The monoisotopic (exact) mass is 166 g/mol. The fourth-order valence-corrected chi connectivity index (χ4v) is 0.937. The minimum atomic E-state index is -1.02. The van der Waals surface area contributed by atoms with Gasteiger partial charge in [0.15, 0.2) is 5.69 Å². The summed E-state index contributed by atoms with van der Waals surface area (Å²) in [5, 5.41) is 8.68. The molecule has 0 unspecified atom stereocenters. The van der Waals surface area contributed by atoms with Crippen molar-refractivity contribution in [1.29, 1.82) is 0 Å². The number of nitrogens with two attached hydrogens (primary N) is 1. The Bertz CT molecular complexity index is 334. The zero-order valence-corrected chi connectivity index (χ0v) is 6.96. The van der Waals surface area contributed by atoms with Gasteiger partial charge in [-0.3, -0.25) is 0 Å². The summed E-state index contributed by atoms with van der Waals surface area (Å²) in [5.74, 6) is -1.02. The number of rotatable bonds is 1. The molecule has 0 amide bonds. The van der Waals surface area contributed by atoms with Crippen molar-refractivity contribution in [3.63, 3.8) is 0 Å². The fourth-order valence-electron chi connectivity index (χ4n) is 0.937. The van der Waals surface area contributed by atoms with E-state index in [1.807, 2.05) is 0 Å². The summed E-state index contributed by atoms with van der Waals surface area (Å²) >= 11 is 0. The lowest BCUT2D eigenvalue weighted by molar-refractivity contribution is 0.0689. The Morgan fingerprint density at radius 1 is 1.50 bits per heavy atom. The Kier molecular flexibility index (Phi) is 1.99. The molecule has 64 valence electrons. The molecule has 0 aliphatic carbocycles. The van der Waals surface area contributed by atoms with Gasteiger partial charge in [-0.05, 0) is 25.0 Å². The van der Waals surface area contributed by atoms with Crippen LogP contribution in [0.15, 0.2) is 6.20 Å². The molecule has 0 fully saturated rings. The van der Waals surface area contributed by atoms with E-state index < -0.39 is 5.97 Å². The van der Waals surface area contributed by atoms with Crippen LogP contribution in [0.25, 0.3) is 0 Å². The van der Waals surface area contributed by atoms with E-state index in [-0.39, 0.29) is 5.69 Å². The molecule has 0 saturated carbocycles. The molecule has 12 heavy (non-hydrogen) atoms. The highest BCUT2D eigenvalue weighted by Gasteiger charge is 2.11. The predicted molar refractivity (Wildman–Crippen MR) is 45.1 cm³/mol. The second-order valence-electron chi connectivity index (χ2n) is 2.62. The van der Waals surface area contributed by atoms with Crippen molar-refractivity contribution >= 4 is 11.7 Å². The third-order valence-electron chi connectivity index (χ3n) is 1.89. The zero-order valence-electron chi connectivity index (χ0n) is 6.96. The number of anilines is 1. The van der Waals surface area contributed by atoms with Crippen LogP contribution in [0.2, 0.25) is 0 Å². The quantitative estimate of drug-likeness (QED) is 0.652. The van der Waals surface area contributed by atoms with Crippen molar-refractivity contribution in [2.75, 3.05) is 5.73 Å². The van der Waals surface area contributed by atoms with Crippen LogP contribution in [0, 0.1) is 13.8 Å². The molecule has 0 aliphatic heterocycles. The van der Waals surface area contributed by atoms with E-state index in [1.54, 1.807) is 13.8 Å². The fraction of sp³-hybridized carbons (Fsp3) is 0.250. The smallest absolute Gasteiger partial charge is 0.354 e. The molecule has 0 spiro atoms. The molecule has 0 radical (unpaired) electrons. The van der Waals surface area contributed by atoms with Crippen LogP contribution < -0.4 is 5.73 Å². The molecule has 4 nitrogen and oxygen atoms in total. The molecule has 1 heterocycles. The van der Waals surface area contributed by atoms with Gasteiger partial charge in [-0.2, -0.15) is 0 Å². The molecule has 0 aliphatic rings. The van der Waals surface area contributed by atoms with Gasteiger partial charge in [0.05, 0.1) is 11.9 Å². The summed E-state index contributed by atoms with van der Waals surface area (Å²) in [6, 6.07) is 0. The highest BCUT2D eigenvalue weighted by molar-refractivity contribution is 5.87. The molecule has 0 saturated heterocycles. The second-order valence-corrected chi connectivity index (χ2v) is 2.62. The van der Waals surface area contributed by atoms with Crippen molar-refractivity contribution < 1.29 is 9.90 Å². The van der Waals surface area contributed by atoms with Gasteiger partial charge in [0.1, 0.15) is 0 Å². The molecule has 4 heteroatoms. The van der Waals surface area contributed by atoms with E-state index in [1.165, 1.54) is 6.20 Å². The number of carboxylic acids is 1. The van der Waals surface area contributed by atoms with Gasteiger partial charge >= 0.3 is 5.97 Å². The maximum Gasteiger partial charge on any atom is 0.354 e. The summed E-state index contributed by atoms with van der Waals surface area (Å²) in [6.45, 7) is 3.47. The Hall–Kier alpha value is -1.58. The van der Waals surface area contributed by atoms with Crippen LogP contribution >= 0.6 is 0 Å². The number of nitrogens with zero attached hydrogens (tertiary/aromatic N) is 1. The highest BCUT2D eigenvalue weighted by atomic mass is 16.4. The topological polar surface area (TPSA) is 76.2 Å². The molecule has 0 bridgehead atoms. The van der Waals surface area contributed by atoms with Crippen LogP contribution in [0.3, 0.4) is 0 Å². The maximum absolute atomic E-state index is 10.6. The molecular formula is C8H10N2O2. The van der Waals surface area contributed by atoms with E-state index >= 15 is 0 Å². The number of carboxylic acid groups (broad SMARTS) is 1. The SMILES string of the molecule is Cc1c(N)cnc(C(=O)O)c1C. The van der Waals surface area contributed by atoms with Crippen molar-refractivity contribution in [2.45, 2.75) is 13.8 Å². The molecule has 0 atom stereocenters. The first-order valence-corrected chi connectivity index (χ1v) is 3.49. The second kappa shape index (κ2) is 2.81. The lowest BCUT2D eigenvalue weighted by Gasteiger charge is -2.05. The first kappa shape index (κ1) is 8.52. The summed E-state index contributed by atoms with van der Waals surface area (Å²) in [7, 11) is 0. The Labute approximate surface area is 70.0 Å². The average Bonchev–Trinajstić information content (AvgIpc) is 2.00. The maximum atomic E-state index is 10.6. The van der Waals surface area contributed by atoms with Gasteiger partial charge in [0.2, 0.25) is 0 Å². The van der Waals surface area contributed by atoms with Gasteiger partial charge in [0, 0.05) is 0 Å². The highest BCUT2D eigenvalue weighted by Crippen LogP contribution is 2.16. The van der Waals surface area contributed by atoms with E-state index in [2.05, 4.69) is 4.98 Å².